The van der Waals surface area contributed by atoms with Crippen LogP contribution in [0.25, 0.3) is 0 Å². The molecule has 6 heteroatoms. The van der Waals surface area contributed by atoms with Gasteiger partial charge in [0.2, 0.25) is 0 Å². The standard InChI is InChI=1S/C52H90O6/c1-4-7-10-13-16-18-20-22-23-24-25-26-27-28-29-31-32-34-36-39-42-45-51(54)57-48-49(47-56-50(53)44-41-38-15-12-9-6-3)58-52(55)46-43-40-37-35-33-30-21-19-17-14-11-8-5-2/h8,11,17,19,24-25,30,33,37,40,49H,4-7,9-10,12-16,18,20-23,26-29,31-32,34-36,38-39,41-48H2,1-3H3/b11-8-,19-17-,25-24-,33-30-,40-37-. The van der Waals surface area contributed by atoms with Crippen molar-refractivity contribution >= 4 is 17.9 Å². The summed E-state index contributed by atoms with van der Waals surface area (Å²) in [6.07, 6.45) is 56.8. The van der Waals surface area contributed by atoms with E-state index in [1.165, 1.54) is 122 Å². The molecule has 0 N–H and O–H groups in total. The van der Waals surface area contributed by atoms with Crippen LogP contribution < -0.4 is 0 Å². The number of carbonyl (C=O) groups is 3. The van der Waals surface area contributed by atoms with Crippen molar-refractivity contribution in [1.82, 2.24) is 0 Å². The molecule has 0 aromatic heterocycles. The van der Waals surface area contributed by atoms with E-state index >= 15 is 0 Å². The normalized spacial score (nSPS) is 12.5. The SMILES string of the molecule is CC/C=C\C/C=C\C/C=C\C/C=C\CCC(=O)OC(COC(=O)CCCCCCCC)COC(=O)CCCCCCCCCCC/C=C\CCCCCCCCCC. The van der Waals surface area contributed by atoms with Crippen molar-refractivity contribution in [2.45, 2.75) is 239 Å². The largest absolute Gasteiger partial charge is 0.462 e. The first-order valence-corrected chi connectivity index (χ1v) is 24.3. The highest BCUT2D eigenvalue weighted by molar-refractivity contribution is 5.71. The molecular weight excluding hydrogens is 721 g/mol. The third-order valence-corrected chi connectivity index (χ3v) is 10.3. The molecule has 334 valence electrons. The Balaban J connectivity index is 4.24. The third-order valence-electron chi connectivity index (χ3n) is 10.3. The number of ether oxygens (including phenoxy) is 3. The van der Waals surface area contributed by atoms with Gasteiger partial charge in [0.25, 0.3) is 0 Å². The van der Waals surface area contributed by atoms with Gasteiger partial charge in [-0.05, 0) is 70.6 Å². The van der Waals surface area contributed by atoms with Crippen molar-refractivity contribution in [3.63, 3.8) is 0 Å². The lowest BCUT2D eigenvalue weighted by molar-refractivity contribution is -0.166. The summed E-state index contributed by atoms with van der Waals surface area (Å²) in [4.78, 5) is 37.6. The molecule has 0 saturated carbocycles. The summed E-state index contributed by atoms with van der Waals surface area (Å²) in [6.45, 7) is 6.39. The molecule has 0 rings (SSSR count). The lowest BCUT2D eigenvalue weighted by Crippen LogP contribution is -2.30. The fourth-order valence-electron chi connectivity index (χ4n) is 6.63. The predicted octanol–water partition coefficient (Wildman–Crippen LogP) is 15.7. The first-order valence-electron chi connectivity index (χ1n) is 24.3. The second-order valence-corrected chi connectivity index (χ2v) is 16.0. The average molecular weight is 811 g/mol. The molecule has 58 heavy (non-hydrogen) atoms. The summed E-state index contributed by atoms with van der Waals surface area (Å²) in [6, 6.07) is 0. The Bertz CT molecular complexity index is 1070. The van der Waals surface area contributed by atoms with Crippen molar-refractivity contribution in [2.24, 2.45) is 0 Å². The van der Waals surface area contributed by atoms with Gasteiger partial charge in [-0.15, -0.1) is 0 Å². The second kappa shape index (κ2) is 46.8. The van der Waals surface area contributed by atoms with Gasteiger partial charge in [0.05, 0.1) is 0 Å². The number of allylic oxidation sites excluding steroid dienone is 10. The van der Waals surface area contributed by atoms with Crippen LogP contribution in [0.15, 0.2) is 60.8 Å². The maximum Gasteiger partial charge on any atom is 0.306 e. The number of esters is 3. The van der Waals surface area contributed by atoms with Crippen LogP contribution in [-0.2, 0) is 28.6 Å². The van der Waals surface area contributed by atoms with E-state index in [9.17, 15) is 14.4 Å². The molecule has 0 aromatic carbocycles. The number of carbonyl (C=O) groups excluding carboxylic acids is 3. The molecule has 0 bridgehead atoms. The molecule has 0 amide bonds. The molecule has 0 spiro atoms. The molecule has 1 atom stereocenters. The van der Waals surface area contributed by atoms with Crippen LogP contribution in [0.4, 0.5) is 0 Å². The van der Waals surface area contributed by atoms with E-state index in [1.807, 2.05) is 12.2 Å². The van der Waals surface area contributed by atoms with E-state index < -0.39 is 12.1 Å². The van der Waals surface area contributed by atoms with Gasteiger partial charge in [-0.25, -0.2) is 0 Å². The minimum Gasteiger partial charge on any atom is -0.462 e. The molecule has 0 saturated heterocycles. The Morgan fingerprint density at radius 2 is 0.707 bits per heavy atom. The minimum atomic E-state index is -0.807. The van der Waals surface area contributed by atoms with Gasteiger partial charge in [-0.2, -0.15) is 0 Å². The van der Waals surface area contributed by atoms with Gasteiger partial charge in [0.1, 0.15) is 13.2 Å². The van der Waals surface area contributed by atoms with Crippen LogP contribution in [0, 0.1) is 0 Å². The maximum atomic E-state index is 12.6. The van der Waals surface area contributed by atoms with Crippen molar-refractivity contribution in [3.8, 4) is 0 Å². The van der Waals surface area contributed by atoms with Gasteiger partial charge in [0, 0.05) is 19.3 Å². The van der Waals surface area contributed by atoms with Crippen LogP contribution >= 0.6 is 0 Å². The summed E-state index contributed by atoms with van der Waals surface area (Å²) in [5.74, 6) is -0.998. The Morgan fingerprint density at radius 1 is 0.362 bits per heavy atom. The van der Waals surface area contributed by atoms with Crippen LogP contribution in [0.1, 0.15) is 233 Å². The first kappa shape index (κ1) is 55.1. The van der Waals surface area contributed by atoms with Crippen molar-refractivity contribution in [2.75, 3.05) is 13.2 Å². The van der Waals surface area contributed by atoms with Gasteiger partial charge < -0.3 is 14.2 Å². The van der Waals surface area contributed by atoms with E-state index in [1.54, 1.807) is 0 Å². The molecular formula is C52H90O6. The van der Waals surface area contributed by atoms with E-state index in [-0.39, 0.29) is 31.6 Å². The number of unbranched alkanes of at least 4 members (excludes halogenated alkanes) is 22. The van der Waals surface area contributed by atoms with Crippen molar-refractivity contribution < 1.29 is 28.6 Å². The van der Waals surface area contributed by atoms with E-state index in [4.69, 9.17) is 14.2 Å². The summed E-state index contributed by atoms with van der Waals surface area (Å²) in [5, 5.41) is 0. The number of rotatable bonds is 43. The Labute approximate surface area is 358 Å². The second-order valence-electron chi connectivity index (χ2n) is 16.0. The van der Waals surface area contributed by atoms with Crippen LogP contribution in [0.3, 0.4) is 0 Å². The molecule has 0 heterocycles. The smallest absolute Gasteiger partial charge is 0.306 e. The van der Waals surface area contributed by atoms with Crippen LogP contribution in [0.5, 0.6) is 0 Å². The predicted molar refractivity (Wildman–Crippen MR) is 247 cm³/mol. The molecule has 6 nitrogen and oxygen atoms in total. The summed E-state index contributed by atoms with van der Waals surface area (Å²) in [5.41, 5.74) is 0. The van der Waals surface area contributed by atoms with E-state index in [2.05, 4.69) is 69.4 Å². The molecule has 1 unspecified atom stereocenters. The lowest BCUT2D eigenvalue weighted by atomic mass is 10.1. The quantitative estimate of drug-likeness (QED) is 0.0264. The molecule has 0 radical (unpaired) electrons. The molecule has 0 aromatic rings. The number of hydrogen-bond acceptors (Lipinski definition) is 6. The zero-order valence-corrected chi connectivity index (χ0v) is 38.0. The Kier molecular flexibility index (Phi) is 44.5. The first-order chi connectivity index (χ1) is 28.5. The summed E-state index contributed by atoms with van der Waals surface area (Å²) in [7, 11) is 0. The molecule has 0 fully saturated rings. The summed E-state index contributed by atoms with van der Waals surface area (Å²) < 4.78 is 16.6. The topological polar surface area (TPSA) is 78.9 Å². The van der Waals surface area contributed by atoms with Crippen LogP contribution in [-0.4, -0.2) is 37.2 Å². The average Bonchev–Trinajstić information content (AvgIpc) is 3.22. The zero-order chi connectivity index (χ0) is 42.3. The fraction of sp³-hybridized carbons (Fsp3) is 0.750. The Hall–Kier alpha value is -2.89. The highest BCUT2D eigenvalue weighted by Crippen LogP contribution is 2.14. The Morgan fingerprint density at radius 3 is 1.12 bits per heavy atom. The summed E-state index contributed by atoms with van der Waals surface area (Å²) >= 11 is 0. The van der Waals surface area contributed by atoms with Crippen molar-refractivity contribution in [3.05, 3.63) is 60.8 Å². The molecule has 0 aliphatic carbocycles. The van der Waals surface area contributed by atoms with Crippen LogP contribution in [0.2, 0.25) is 0 Å². The number of hydrogen-bond donors (Lipinski definition) is 0. The van der Waals surface area contributed by atoms with Crippen molar-refractivity contribution in [1.29, 1.82) is 0 Å². The van der Waals surface area contributed by atoms with Gasteiger partial charge >= 0.3 is 17.9 Å². The highest BCUT2D eigenvalue weighted by atomic mass is 16.6. The van der Waals surface area contributed by atoms with E-state index in [0.717, 1.165) is 64.2 Å². The maximum absolute atomic E-state index is 12.6. The highest BCUT2D eigenvalue weighted by Gasteiger charge is 2.19. The molecule has 0 aliphatic rings. The van der Waals surface area contributed by atoms with E-state index in [0.29, 0.717) is 19.3 Å². The lowest BCUT2D eigenvalue weighted by Gasteiger charge is -2.18. The minimum absolute atomic E-state index is 0.103. The van der Waals surface area contributed by atoms with Gasteiger partial charge in [0.15, 0.2) is 6.10 Å². The van der Waals surface area contributed by atoms with Gasteiger partial charge in [-0.3, -0.25) is 14.4 Å². The zero-order valence-electron chi connectivity index (χ0n) is 38.0. The monoisotopic (exact) mass is 811 g/mol. The molecule has 0 aliphatic heterocycles. The third kappa shape index (κ3) is 44.2. The fourth-order valence-corrected chi connectivity index (χ4v) is 6.63. The van der Waals surface area contributed by atoms with Gasteiger partial charge in [-0.1, -0.05) is 204 Å².